The van der Waals surface area contributed by atoms with Crippen molar-refractivity contribution in [3.63, 3.8) is 0 Å². The van der Waals surface area contributed by atoms with Gasteiger partial charge in [0.15, 0.2) is 0 Å². The third kappa shape index (κ3) is 2.65. The van der Waals surface area contributed by atoms with Crippen LogP contribution < -0.4 is 10.5 Å². The summed E-state index contributed by atoms with van der Waals surface area (Å²) < 4.78 is 19.3. The molecule has 0 amide bonds. The molecule has 0 spiro atoms. The second-order valence-electron chi connectivity index (χ2n) is 4.18. The summed E-state index contributed by atoms with van der Waals surface area (Å²) in [7, 11) is 0. The maximum atomic E-state index is 13.7. The van der Waals surface area contributed by atoms with Gasteiger partial charge in [-0.3, -0.25) is 4.98 Å². The summed E-state index contributed by atoms with van der Waals surface area (Å²) in [5.74, 6) is 0.631. The normalized spacial score (nSPS) is 12.2. The number of hydrogen-bond acceptors (Lipinski definition) is 3. The highest BCUT2D eigenvalue weighted by atomic mass is 19.1. The van der Waals surface area contributed by atoms with Crippen molar-refractivity contribution in [3.05, 3.63) is 53.6 Å². The monoisotopic (exact) mass is 246 g/mol. The fourth-order valence-corrected chi connectivity index (χ4v) is 1.69. The molecule has 0 saturated heterocycles. The number of ether oxygens (including phenoxy) is 1. The minimum absolute atomic E-state index is 0.359. The summed E-state index contributed by atoms with van der Waals surface area (Å²) in [6.45, 7) is 3.61. The van der Waals surface area contributed by atoms with E-state index in [0.29, 0.717) is 17.1 Å². The molecule has 1 aromatic carbocycles. The highest BCUT2D eigenvalue weighted by Gasteiger charge is 2.14. The SMILES string of the molecule is Cc1ccc(Oc2cccc(F)c2[C@@H](C)N)cn1. The van der Waals surface area contributed by atoms with Crippen molar-refractivity contribution in [2.45, 2.75) is 19.9 Å². The van der Waals surface area contributed by atoms with E-state index in [1.807, 2.05) is 13.0 Å². The molecule has 1 atom stereocenters. The predicted molar refractivity (Wildman–Crippen MR) is 68.1 cm³/mol. The largest absolute Gasteiger partial charge is 0.455 e. The number of nitrogens with zero attached hydrogens (tertiary/aromatic N) is 1. The van der Waals surface area contributed by atoms with Crippen LogP contribution in [-0.4, -0.2) is 4.98 Å². The fourth-order valence-electron chi connectivity index (χ4n) is 1.69. The second-order valence-corrected chi connectivity index (χ2v) is 4.18. The maximum Gasteiger partial charge on any atom is 0.145 e. The molecule has 2 rings (SSSR count). The zero-order chi connectivity index (χ0) is 13.1. The van der Waals surface area contributed by atoms with Crippen LogP contribution in [0, 0.1) is 12.7 Å². The van der Waals surface area contributed by atoms with E-state index in [1.54, 1.807) is 31.3 Å². The first-order valence-corrected chi connectivity index (χ1v) is 5.72. The zero-order valence-corrected chi connectivity index (χ0v) is 10.4. The molecule has 0 aliphatic heterocycles. The summed E-state index contributed by atoms with van der Waals surface area (Å²) in [5, 5.41) is 0. The number of benzene rings is 1. The Bertz CT molecular complexity index is 538. The van der Waals surface area contributed by atoms with E-state index in [0.717, 1.165) is 5.69 Å². The minimum atomic E-state index is -0.431. The molecular formula is C14H15FN2O. The van der Waals surface area contributed by atoms with Crippen molar-refractivity contribution in [1.29, 1.82) is 0 Å². The quantitative estimate of drug-likeness (QED) is 0.903. The van der Waals surface area contributed by atoms with Gasteiger partial charge >= 0.3 is 0 Å². The Hall–Kier alpha value is -1.94. The molecule has 0 aliphatic rings. The van der Waals surface area contributed by atoms with Gasteiger partial charge in [0.25, 0.3) is 0 Å². The summed E-state index contributed by atoms with van der Waals surface area (Å²) >= 11 is 0. The van der Waals surface area contributed by atoms with Gasteiger partial charge in [0.2, 0.25) is 0 Å². The lowest BCUT2D eigenvalue weighted by Crippen LogP contribution is -2.09. The molecule has 4 heteroatoms. The standard InChI is InChI=1S/C14H15FN2O/c1-9-6-7-11(8-17-9)18-13-5-3-4-12(15)14(13)10(2)16/h3-8,10H,16H2,1-2H3/t10-/m1/s1. The number of aryl methyl sites for hydroxylation is 1. The third-order valence-electron chi connectivity index (χ3n) is 2.58. The van der Waals surface area contributed by atoms with Crippen molar-refractivity contribution < 1.29 is 9.13 Å². The summed E-state index contributed by atoms with van der Waals surface area (Å²) in [6, 6.07) is 7.86. The van der Waals surface area contributed by atoms with Gasteiger partial charge in [-0.25, -0.2) is 4.39 Å². The van der Waals surface area contributed by atoms with Crippen molar-refractivity contribution in [2.24, 2.45) is 5.73 Å². The van der Waals surface area contributed by atoms with Crippen LogP contribution >= 0.6 is 0 Å². The molecule has 0 radical (unpaired) electrons. The van der Waals surface area contributed by atoms with E-state index in [2.05, 4.69) is 4.98 Å². The van der Waals surface area contributed by atoms with Gasteiger partial charge in [-0.15, -0.1) is 0 Å². The van der Waals surface area contributed by atoms with Crippen molar-refractivity contribution in [1.82, 2.24) is 4.98 Å². The van der Waals surface area contributed by atoms with E-state index in [4.69, 9.17) is 10.5 Å². The average Bonchev–Trinajstić information content (AvgIpc) is 2.32. The Labute approximate surface area is 105 Å². The number of pyridine rings is 1. The average molecular weight is 246 g/mol. The minimum Gasteiger partial charge on any atom is -0.455 e. The van der Waals surface area contributed by atoms with Gasteiger partial charge in [-0.2, -0.15) is 0 Å². The van der Waals surface area contributed by atoms with Crippen LogP contribution in [0.4, 0.5) is 4.39 Å². The van der Waals surface area contributed by atoms with E-state index >= 15 is 0 Å². The van der Waals surface area contributed by atoms with Crippen molar-refractivity contribution in [3.8, 4) is 11.5 Å². The first-order valence-electron chi connectivity index (χ1n) is 5.72. The van der Waals surface area contributed by atoms with E-state index < -0.39 is 6.04 Å². The Kier molecular flexibility index (Phi) is 3.58. The fraction of sp³-hybridized carbons (Fsp3) is 0.214. The third-order valence-corrected chi connectivity index (χ3v) is 2.58. The maximum absolute atomic E-state index is 13.7. The van der Waals surface area contributed by atoms with Gasteiger partial charge in [-0.1, -0.05) is 6.07 Å². The lowest BCUT2D eigenvalue weighted by molar-refractivity contribution is 0.458. The lowest BCUT2D eigenvalue weighted by atomic mass is 10.1. The highest BCUT2D eigenvalue weighted by Crippen LogP contribution is 2.30. The van der Waals surface area contributed by atoms with Crippen LogP contribution in [-0.2, 0) is 0 Å². The second kappa shape index (κ2) is 5.14. The number of aromatic nitrogens is 1. The molecule has 2 aromatic rings. The molecule has 18 heavy (non-hydrogen) atoms. The van der Waals surface area contributed by atoms with Crippen LogP contribution in [0.15, 0.2) is 36.5 Å². The molecule has 0 saturated carbocycles. The van der Waals surface area contributed by atoms with E-state index in [-0.39, 0.29) is 5.82 Å². The van der Waals surface area contributed by atoms with Gasteiger partial charge in [0.05, 0.1) is 6.20 Å². The zero-order valence-electron chi connectivity index (χ0n) is 10.4. The van der Waals surface area contributed by atoms with Gasteiger partial charge in [0.1, 0.15) is 17.3 Å². The molecule has 94 valence electrons. The van der Waals surface area contributed by atoms with Crippen LogP contribution in [0.2, 0.25) is 0 Å². The summed E-state index contributed by atoms with van der Waals surface area (Å²) in [6.07, 6.45) is 1.60. The molecule has 2 N–H and O–H groups in total. The topological polar surface area (TPSA) is 48.1 Å². The Balaban J connectivity index is 2.34. The molecule has 3 nitrogen and oxygen atoms in total. The van der Waals surface area contributed by atoms with E-state index in [1.165, 1.54) is 6.07 Å². The van der Waals surface area contributed by atoms with Crippen LogP contribution in [0.5, 0.6) is 11.5 Å². The molecule has 0 bridgehead atoms. The van der Waals surface area contributed by atoms with Gasteiger partial charge in [-0.05, 0) is 38.1 Å². The first-order chi connectivity index (χ1) is 8.58. The molecular weight excluding hydrogens is 231 g/mol. The smallest absolute Gasteiger partial charge is 0.145 e. The Morgan fingerprint density at radius 1 is 1.28 bits per heavy atom. The highest BCUT2D eigenvalue weighted by molar-refractivity contribution is 5.39. The number of halogens is 1. The number of rotatable bonds is 3. The number of hydrogen-bond donors (Lipinski definition) is 1. The van der Waals surface area contributed by atoms with Crippen LogP contribution in [0.1, 0.15) is 24.2 Å². The van der Waals surface area contributed by atoms with Crippen LogP contribution in [0.25, 0.3) is 0 Å². The molecule has 0 fully saturated rings. The van der Waals surface area contributed by atoms with Gasteiger partial charge < -0.3 is 10.5 Å². The van der Waals surface area contributed by atoms with Crippen LogP contribution in [0.3, 0.4) is 0 Å². The molecule has 0 unspecified atom stereocenters. The molecule has 0 aliphatic carbocycles. The Morgan fingerprint density at radius 2 is 2.06 bits per heavy atom. The predicted octanol–water partition coefficient (Wildman–Crippen LogP) is 3.34. The molecule has 1 aromatic heterocycles. The summed E-state index contributed by atoms with van der Waals surface area (Å²) in [4.78, 5) is 4.12. The van der Waals surface area contributed by atoms with E-state index in [9.17, 15) is 4.39 Å². The van der Waals surface area contributed by atoms with Crippen molar-refractivity contribution >= 4 is 0 Å². The first kappa shape index (κ1) is 12.5. The van der Waals surface area contributed by atoms with Crippen molar-refractivity contribution in [2.75, 3.05) is 0 Å². The lowest BCUT2D eigenvalue weighted by Gasteiger charge is -2.14. The van der Waals surface area contributed by atoms with Gasteiger partial charge in [0, 0.05) is 17.3 Å². The molecule has 1 heterocycles. The summed E-state index contributed by atoms with van der Waals surface area (Å²) in [5.41, 5.74) is 7.03. The Morgan fingerprint density at radius 3 is 2.67 bits per heavy atom. The number of nitrogens with two attached hydrogens (primary N) is 1.